The van der Waals surface area contributed by atoms with Gasteiger partial charge in [0.2, 0.25) is 11.7 Å². The highest BCUT2D eigenvalue weighted by Gasteiger charge is 2.21. The molecule has 1 fully saturated rings. The summed E-state index contributed by atoms with van der Waals surface area (Å²) in [4.78, 5) is 8.26. The number of pyridine rings is 1. The highest BCUT2D eigenvalue weighted by Crippen LogP contribution is 2.23. The summed E-state index contributed by atoms with van der Waals surface area (Å²) >= 11 is 0. The minimum atomic E-state index is -0.376. The van der Waals surface area contributed by atoms with Gasteiger partial charge in [-0.25, -0.2) is 9.37 Å². The van der Waals surface area contributed by atoms with Crippen molar-refractivity contribution in [3.63, 3.8) is 0 Å². The maximum absolute atomic E-state index is 12.8. The van der Waals surface area contributed by atoms with Gasteiger partial charge >= 0.3 is 0 Å². The third-order valence-electron chi connectivity index (χ3n) is 3.04. The average Bonchev–Trinajstić information content (AvgIpc) is 2.90. The summed E-state index contributed by atoms with van der Waals surface area (Å²) < 4.78 is 18.0. The van der Waals surface area contributed by atoms with Crippen molar-refractivity contribution >= 4 is 0 Å². The lowest BCUT2D eigenvalue weighted by Gasteiger charge is -2.18. The first-order chi connectivity index (χ1) is 8.83. The van der Waals surface area contributed by atoms with Crippen LogP contribution in [0.1, 0.15) is 24.7 Å². The Bertz CT molecular complexity index is 519. The number of hydrogen-bond acceptors (Lipinski definition) is 5. The molecule has 0 aliphatic carbocycles. The second-order valence-electron chi connectivity index (χ2n) is 4.36. The van der Waals surface area contributed by atoms with Gasteiger partial charge in [0.1, 0.15) is 11.5 Å². The fourth-order valence-corrected chi connectivity index (χ4v) is 2.08. The van der Waals surface area contributed by atoms with Crippen LogP contribution in [-0.4, -0.2) is 28.2 Å². The van der Waals surface area contributed by atoms with Crippen molar-refractivity contribution in [1.82, 2.24) is 20.4 Å². The molecule has 1 aliphatic heterocycles. The summed E-state index contributed by atoms with van der Waals surface area (Å²) in [6.07, 6.45) is 3.30. The third kappa shape index (κ3) is 2.24. The molecule has 0 spiro atoms. The largest absolute Gasteiger partial charge is 0.339 e. The van der Waals surface area contributed by atoms with E-state index in [1.165, 1.54) is 6.07 Å². The molecule has 1 saturated heterocycles. The Hall–Kier alpha value is -1.82. The second kappa shape index (κ2) is 4.81. The molecule has 2 aromatic rings. The lowest BCUT2D eigenvalue weighted by Crippen LogP contribution is -2.28. The number of aromatic nitrogens is 3. The Morgan fingerprint density at radius 2 is 2.33 bits per heavy atom. The zero-order chi connectivity index (χ0) is 12.4. The normalized spacial score (nSPS) is 19.9. The first-order valence-corrected chi connectivity index (χ1v) is 5.99. The number of rotatable bonds is 2. The number of hydrogen-bond donors (Lipinski definition) is 1. The van der Waals surface area contributed by atoms with E-state index in [1.54, 1.807) is 6.07 Å². The molecule has 0 unspecified atom stereocenters. The molecule has 0 amide bonds. The molecular weight excluding hydrogens is 235 g/mol. The highest BCUT2D eigenvalue weighted by atomic mass is 19.1. The molecule has 1 N–H and O–H groups in total. The first-order valence-electron chi connectivity index (χ1n) is 5.99. The maximum Gasteiger partial charge on any atom is 0.231 e. The summed E-state index contributed by atoms with van der Waals surface area (Å²) in [6.45, 7) is 1.90. The number of halogens is 1. The molecule has 0 aromatic carbocycles. The predicted octanol–water partition coefficient (Wildman–Crippen LogP) is 1.74. The van der Waals surface area contributed by atoms with Gasteiger partial charge in [0.15, 0.2) is 0 Å². The van der Waals surface area contributed by atoms with E-state index in [-0.39, 0.29) is 11.7 Å². The van der Waals surface area contributed by atoms with Gasteiger partial charge in [0.05, 0.1) is 12.1 Å². The van der Waals surface area contributed by atoms with Crippen molar-refractivity contribution in [2.45, 2.75) is 18.8 Å². The van der Waals surface area contributed by atoms with E-state index in [9.17, 15) is 4.39 Å². The van der Waals surface area contributed by atoms with E-state index in [0.717, 1.165) is 32.1 Å². The van der Waals surface area contributed by atoms with Crippen molar-refractivity contribution in [2.24, 2.45) is 0 Å². The molecule has 5 nitrogen and oxygen atoms in total. The summed E-state index contributed by atoms with van der Waals surface area (Å²) in [5.74, 6) is 0.929. The number of nitrogens with zero attached hydrogens (tertiary/aromatic N) is 3. The average molecular weight is 248 g/mol. The molecule has 18 heavy (non-hydrogen) atoms. The Morgan fingerprint density at radius 3 is 3.06 bits per heavy atom. The third-order valence-corrected chi connectivity index (χ3v) is 3.04. The molecule has 1 atom stereocenters. The van der Waals surface area contributed by atoms with Crippen LogP contribution in [0.4, 0.5) is 4.39 Å². The standard InChI is InChI=1S/C12H13FN4O/c13-9-3-4-10(15-7-9)11-16-12(18-17-11)8-2-1-5-14-6-8/h3-4,7-8,14H,1-2,5-6H2/t8-/m0/s1. The number of piperidine rings is 1. The predicted molar refractivity (Wildman–Crippen MR) is 62.3 cm³/mol. The van der Waals surface area contributed by atoms with E-state index < -0.39 is 0 Å². The van der Waals surface area contributed by atoms with Crippen LogP contribution in [0.5, 0.6) is 0 Å². The molecule has 0 bridgehead atoms. The van der Waals surface area contributed by atoms with Crippen LogP contribution < -0.4 is 5.32 Å². The van der Waals surface area contributed by atoms with Gasteiger partial charge in [-0.05, 0) is 31.5 Å². The van der Waals surface area contributed by atoms with Crippen molar-refractivity contribution in [3.05, 3.63) is 30.0 Å². The smallest absolute Gasteiger partial charge is 0.231 e. The van der Waals surface area contributed by atoms with Gasteiger partial charge in [-0.3, -0.25) is 0 Å². The van der Waals surface area contributed by atoms with Gasteiger partial charge in [0, 0.05) is 6.54 Å². The van der Waals surface area contributed by atoms with Crippen LogP contribution in [0, 0.1) is 5.82 Å². The molecule has 0 saturated carbocycles. The van der Waals surface area contributed by atoms with Crippen LogP contribution in [-0.2, 0) is 0 Å². The lowest BCUT2D eigenvalue weighted by molar-refractivity contribution is 0.322. The monoisotopic (exact) mass is 248 g/mol. The van der Waals surface area contributed by atoms with Gasteiger partial charge in [-0.2, -0.15) is 4.98 Å². The Labute approximate surface area is 103 Å². The molecule has 1 aliphatic rings. The van der Waals surface area contributed by atoms with Crippen LogP contribution in [0.15, 0.2) is 22.9 Å². The van der Waals surface area contributed by atoms with Crippen molar-refractivity contribution in [2.75, 3.05) is 13.1 Å². The minimum absolute atomic E-state index is 0.264. The molecule has 2 aromatic heterocycles. The van der Waals surface area contributed by atoms with Crippen LogP contribution >= 0.6 is 0 Å². The quantitative estimate of drug-likeness (QED) is 0.877. The molecule has 0 radical (unpaired) electrons. The molecule has 3 rings (SSSR count). The van der Waals surface area contributed by atoms with E-state index in [0.29, 0.717) is 17.4 Å². The fraction of sp³-hybridized carbons (Fsp3) is 0.417. The SMILES string of the molecule is Fc1ccc(-c2noc([C@H]3CCCNC3)n2)nc1. The van der Waals surface area contributed by atoms with Crippen molar-refractivity contribution in [3.8, 4) is 11.5 Å². The summed E-state index contributed by atoms with van der Waals surface area (Å²) in [5.41, 5.74) is 0.523. The number of nitrogens with one attached hydrogen (secondary N) is 1. The summed E-state index contributed by atoms with van der Waals surface area (Å²) in [6, 6.07) is 2.88. The Balaban J connectivity index is 1.82. The van der Waals surface area contributed by atoms with E-state index in [2.05, 4.69) is 20.4 Å². The van der Waals surface area contributed by atoms with Gasteiger partial charge in [0.25, 0.3) is 0 Å². The molecule has 3 heterocycles. The molecular formula is C12H13FN4O. The topological polar surface area (TPSA) is 63.8 Å². The fourth-order valence-electron chi connectivity index (χ4n) is 2.08. The van der Waals surface area contributed by atoms with E-state index >= 15 is 0 Å². The lowest BCUT2D eigenvalue weighted by atomic mass is 10.00. The maximum atomic E-state index is 12.8. The van der Waals surface area contributed by atoms with Gasteiger partial charge < -0.3 is 9.84 Å². The van der Waals surface area contributed by atoms with Crippen LogP contribution in [0.25, 0.3) is 11.5 Å². The second-order valence-corrected chi connectivity index (χ2v) is 4.36. The van der Waals surface area contributed by atoms with Crippen LogP contribution in [0.2, 0.25) is 0 Å². The van der Waals surface area contributed by atoms with Crippen molar-refractivity contribution < 1.29 is 8.91 Å². The van der Waals surface area contributed by atoms with Gasteiger partial charge in [-0.15, -0.1) is 0 Å². The van der Waals surface area contributed by atoms with Crippen molar-refractivity contribution in [1.29, 1.82) is 0 Å². The van der Waals surface area contributed by atoms with Gasteiger partial charge in [-0.1, -0.05) is 5.16 Å². The molecule has 6 heteroatoms. The highest BCUT2D eigenvalue weighted by molar-refractivity contribution is 5.47. The van der Waals surface area contributed by atoms with E-state index in [1.807, 2.05) is 0 Å². The minimum Gasteiger partial charge on any atom is -0.339 e. The zero-order valence-electron chi connectivity index (χ0n) is 9.77. The first kappa shape index (κ1) is 11.3. The van der Waals surface area contributed by atoms with Crippen LogP contribution in [0.3, 0.4) is 0 Å². The summed E-state index contributed by atoms with van der Waals surface area (Å²) in [7, 11) is 0. The van der Waals surface area contributed by atoms with E-state index in [4.69, 9.17) is 4.52 Å². The molecule has 94 valence electrons. The summed E-state index contributed by atoms with van der Waals surface area (Å²) in [5, 5.41) is 7.19. The zero-order valence-corrected chi connectivity index (χ0v) is 9.77. The Kier molecular flexibility index (Phi) is 3.02. The Morgan fingerprint density at radius 1 is 1.39 bits per heavy atom.